The van der Waals surface area contributed by atoms with Gasteiger partial charge in [0.1, 0.15) is 5.75 Å². The first-order valence-electron chi connectivity index (χ1n) is 5.34. The number of aromatic nitrogens is 1. The number of pyridine rings is 1. The van der Waals surface area contributed by atoms with E-state index in [4.69, 9.17) is 4.74 Å². The van der Waals surface area contributed by atoms with Gasteiger partial charge in [0.2, 0.25) is 0 Å². The van der Waals surface area contributed by atoms with E-state index in [1.807, 2.05) is 6.07 Å². The number of nitrogens with zero attached hydrogens (tertiary/aromatic N) is 1. The second kappa shape index (κ2) is 3.27. The number of aryl methyl sites for hydroxylation is 1. The molecule has 3 rings (SSSR count). The van der Waals surface area contributed by atoms with Crippen LogP contribution in [0.5, 0.6) is 5.75 Å². The van der Waals surface area contributed by atoms with Crippen LogP contribution < -0.4 is 4.74 Å². The molecule has 0 amide bonds. The van der Waals surface area contributed by atoms with Crippen LogP contribution in [0.4, 0.5) is 0 Å². The van der Waals surface area contributed by atoms with Crippen molar-refractivity contribution in [3.63, 3.8) is 0 Å². The third kappa shape index (κ3) is 1.20. The van der Waals surface area contributed by atoms with Gasteiger partial charge in [-0.25, -0.2) is 0 Å². The van der Waals surface area contributed by atoms with Crippen molar-refractivity contribution >= 4 is 16.4 Å². The summed E-state index contributed by atoms with van der Waals surface area (Å²) in [5.41, 5.74) is 3.71. The molecule has 3 aromatic rings. The molecule has 0 saturated carbocycles. The van der Waals surface area contributed by atoms with Gasteiger partial charge in [-0.1, -0.05) is 6.07 Å². The van der Waals surface area contributed by atoms with E-state index >= 15 is 0 Å². The number of fused-ring (bicyclic) bond motifs is 3. The molecule has 2 heteroatoms. The minimum atomic E-state index is 0.900. The van der Waals surface area contributed by atoms with Gasteiger partial charge in [-0.05, 0) is 43.3 Å². The second-order valence-corrected chi connectivity index (χ2v) is 3.99. The summed E-state index contributed by atoms with van der Waals surface area (Å²) >= 11 is 0. The highest BCUT2D eigenvalue weighted by atomic mass is 16.5. The summed E-state index contributed by atoms with van der Waals surface area (Å²) in [6, 6.07) is 14.7. The molecule has 80 valence electrons. The first-order valence-corrected chi connectivity index (χ1v) is 5.34. The van der Waals surface area contributed by atoms with Crippen LogP contribution in [0.2, 0.25) is 0 Å². The number of benzene rings is 1. The molecule has 0 aliphatic carbocycles. The summed E-state index contributed by atoms with van der Waals surface area (Å²) in [7, 11) is 1.70. The van der Waals surface area contributed by atoms with Crippen LogP contribution in [0, 0.1) is 6.92 Å². The lowest BCUT2D eigenvalue weighted by molar-refractivity contribution is 0.415. The fourth-order valence-corrected chi connectivity index (χ4v) is 2.19. The Morgan fingerprint density at radius 2 is 1.81 bits per heavy atom. The zero-order valence-electron chi connectivity index (χ0n) is 9.40. The third-order valence-corrected chi connectivity index (χ3v) is 3.02. The van der Waals surface area contributed by atoms with Crippen LogP contribution in [0.1, 0.15) is 5.69 Å². The number of hydrogen-bond acceptors (Lipinski definition) is 1. The highest BCUT2D eigenvalue weighted by Gasteiger charge is 2.03. The number of hydrogen-bond donors (Lipinski definition) is 0. The van der Waals surface area contributed by atoms with E-state index in [-0.39, 0.29) is 0 Å². The van der Waals surface area contributed by atoms with E-state index in [0.29, 0.717) is 0 Å². The normalized spacial score (nSPS) is 11.1. The quantitative estimate of drug-likeness (QED) is 0.601. The first-order chi connectivity index (χ1) is 7.79. The molecule has 0 aliphatic rings. The molecular formula is C14H13NO. The van der Waals surface area contributed by atoms with Crippen molar-refractivity contribution in [2.75, 3.05) is 7.11 Å². The Kier molecular flexibility index (Phi) is 1.90. The van der Waals surface area contributed by atoms with E-state index in [1.165, 1.54) is 22.1 Å². The molecule has 2 aromatic heterocycles. The first kappa shape index (κ1) is 9.28. The monoisotopic (exact) mass is 211 g/mol. The van der Waals surface area contributed by atoms with Crippen molar-refractivity contribution in [1.29, 1.82) is 0 Å². The summed E-state index contributed by atoms with van der Waals surface area (Å²) in [6.45, 7) is 2.12. The molecule has 2 nitrogen and oxygen atoms in total. The summed E-state index contributed by atoms with van der Waals surface area (Å²) in [5.74, 6) is 0.900. The maximum atomic E-state index is 5.24. The standard InChI is InChI=1S/C14H13NO/c1-10-3-5-12-6-4-11-9-13(16-2)7-8-14(11)15(10)12/h3-9H,1-2H3. The molecule has 0 atom stereocenters. The molecule has 1 aromatic carbocycles. The summed E-state index contributed by atoms with van der Waals surface area (Å²) in [5, 5.41) is 1.20. The molecule has 2 heterocycles. The van der Waals surface area contributed by atoms with Crippen LogP contribution in [-0.2, 0) is 0 Å². The van der Waals surface area contributed by atoms with Crippen molar-refractivity contribution in [2.45, 2.75) is 6.92 Å². The maximum absolute atomic E-state index is 5.24. The Balaban J connectivity index is 2.46. The SMILES string of the molecule is COc1ccc2c(ccc3ccc(C)n32)c1. The van der Waals surface area contributed by atoms with Gasteiger partial charge < -0.3 is 9.14 Å². The maximum Gasteiger partial charge on any atom is 0.119 e. The van der Waals surface area contributed by atoms with E-state index in [9.17, 15) is 0 Å². The van der Waals surface area contributed by atoms with Crippen LogP contribution in [0.3, 0.4) is 0 Å². The van der Waals surface area contributed by atoms with E-state index in [1.54, 1.807) is 7.11 Å². The molecule has 16 heavy (non-hydrogen) atoms. The molecule has 0 aliphatic heterocycles. The highest BCUT2D eigenvalue weighted by Crippen LogP contribution is 2.23. The Morgan fingerprint density at radius 3 is 2.62 bits per heavy atom. The third-order valence-electron chi connectivity index (χ3n) is 3.02. The number of rotatable bonds is 1. The van der Waals surface area contributed by atoms with E-state index in [2.05, 4.69) is 47.7 Å². The molecular weight excluding hydrogens is 198 g/mol. The molecule has 0 unspecified atom stereocenters. The van der Waals surface area contributed by atoms with Gasteiger partial charge in [0, 0.05) is 16.6 Å². The predicted molar refractivity (Wildman–Crippen MR) is 66.2 cm³/mol. The van der Waals surface area contributed by atoms with Crippen molar-refractivity contribution < 1.29 is 4.74 Å². The van der Waals surface area contributed by atoms with Crippen LogP contribution in [-0.4, -0.2) is 11.5 Å². The number of methoxy groups -OCH3 is 1. The van der Waals surface area contributed by atoms with Gasteiger partial charge in [-0.3, -0.25) is 0 Å². The topological polar surface area (TPSA) is 13.6 Å². The van der Waals surface area contributed by atoms with Crippen LogP contribution in [0.25, 0.3) is 16.4 Å². The Labute approximate surface area is 94.1 Å². The van der Waals surface area contributed by atoms with Crippen LogP contribution in [0.15, 0.2) is 42.5 Å². The average Bonchev–Trinajstić information content (AvgIpc) is 2.70. The largest absolute Gasteiger partial charge is 0.497 e. The van der Waals surface area contributed by atoms with Crippen molar-refractivity contribution in [3.8, 4) is 5.75 Å². The van der Waals surface area contributed by atoms with Gasteiger partial charge in [-0.2, -0.15) is 0 Å². The van der Waals surface area contributed by atoms with Crippen molar-refractivity contribution in [2.24, 2.45) is 0 Å². The Morgan fingerprint density at radius 1 is 1.00 bits per heavy atom. The van der Waals surface area contributed by atoms with Gasteiger partial charge >= 0.3 is 0 Å². The van der Waals surface area contributed by atoms with Gasteiger partial charge in [0.25, 0.3) is 0 Å². The Bertz CT molecular complexity index is 667. The molecule has 0 radical (unpaired) electrons. The lowest BCUT2D eigenvalue weighted by Gasteiger charge is -2.06. The molecule has 0 bridgehead atoms. The second-order valence-electron chi connectivity index (χ2n) is 3.99. The lowest BCUT2D eigenvalue weighted by Crippen LogP contribution is -1.90. The fraction of sp³-hybridized carbons (Fsp3) is 0.143. The zero-order valence-corrected chi connectivity index (χ0v) is 9.40. The molecule has 0 N–H and O–H groups in total. The average molecular weight is 211 g/mol. The van der Waals surface area contributed by atoms with E-state index < -0.39 is 0 Å². The van der Waals surface area contributed by atoms with Crippen LogP contribution >= 0.6 is 0 Å². The van der Waals surface area contributed by atoms with Gasteiger partial charge in [0.15, 0.2) is 0 Å². The summed E-state index contributed by atoms with van der Waals surface area (Å²) in [6.07, 6.45) is 0. The van der Waals surface area contributed by atoms with Gasteiger partial charge in [-0.15, -0.1) is 0 Å². The van der Waals surface area contributed by atoms with Crippen molar-refractivity contribution in [1.82, 2.24) is 4.40 Å². The number of ether oxygens (including phenoxy) is 1. The minimum Gasteiger partial charge on any atom is -0.497 e. The Hall–Kier alpha value is -1.96. The van der Waals surface area contributed by atoms with E-state index in [0.717, 1.165) is 5.75 Å². The highest BCUT2D eigenvalue weighted by molar-refractivity contribution is 5.84. The van der Waals surface area contributed by atoms with Gasteiger partial charge in [0.05, 0.1) is 12.6 Å². The fourth-order valence-electron chi connectivity index (χ4n) is 2.19. The lowest BCUT2D eigenvalue weighted by atomic mass is 10.2. The molecule has 0 spiro atoms. The molecule has 0 fully saturated rings. The molecule has 0 saturated heterocycles. The van der Waals surface area contributed by atoms with Crippen molar-refractivity contribution in [3.05, 3.63) is 48.2 Å². The summed E-state index contributed by atoms with van der Waals surface area (Å²) < 4.78 is 7.50. The summed E-state index contributed by atoms with van der Waals surface area (Å²) in [4.78, 5) is 0. The smallest absolute Gasteiger partial charge is 0.119 e. The predicted octanol–water partition coefficient (Wildman–Crippen LogP) is 3.41. The minimum absolute atomic E-state index is 0.900. The zero-order chi connectivity index (χ0) is 11.1.